The van der Waals surface area contributed by atoms with Gasteiger partial charge in [0.2, 0.25) is 0 Å². The molecule has 0 bridgehead atoms. The minimum absolute atomic E-state index is 0.490. The molecule has 0 fully saturated rings. The van der Waals surface area contributed by atoms with E-state index in [0.717, 1.165) is 27.4 Å². The fourth-order valence-corrected chi connectivity index (χ4v) is 2.36. The van der Waals surface area contributed by atoms with E-state index >= 15 is 0 Å². The molecular weight excluding hydrogens is 244 g/mol. The normalized spacial score (nSPS) is 10.7. The highest BCUT2D eigenvalue weighted by Crippen LogP contribution is 2.19. The van der Waals surface area contributed by atoms with Gasteiger partial charge in [-0.1, -0.05) is 18.2 Å². The number of rotatable bonds is 3. The lowest BCUT2D eigenvalue weighted by molar-refractivity contribution is 0.301. The van der Waals surface area contributed by atoms with Gasteiger partial charge in [0.1, 0.15) is 12.4 Å². The van der Waals surface area contributed by atoms with Crippen molar-refractivity contribution in [3.63, 3.8) is 0 Å². The highest BCUT2D eigenvalue weighted by molar-refractivity contribution is 7.09. The van der Waals surface area contributed by atoms with Gasteiger partial charge < -0.3 is 4.74 Å². The molecule has 0 atom stereocenters. The number of nitrogens with zero attached hydrogens (tertiary/aromatic N) is 2. The molecule has 18 heavy (non-hydrogen) atoms. The maximum absolute atomic E-state index is 5.70. The molecule has 0 aliphatic rings. The number of aromatic nitrogens is 2. The Hall–Kier alpha value is -1.94. The molecule has 2 heterocycles. The zero-order chi connectivity index (χ0) is 12.4. The Balaban J connectivity index is 1.78. The Kier molecular flexibility index (Phi) is 2.94. The van der Waals surface area contributed by atoms with E-state index in [2.05, 4.69) is 9.97 Å². The first-order valence-electron chi connectivity index (χ1n) is 5.70. The van der Waals surface area contributed by atoms with Crippen LogP contribution in [-0.4, -0.2) is 9.97 Å². The SMILES string of the molecule is Cc1nc(COc2cnc3ccccc3c2)cs1. The van der Waals surface area contributed by atoms with Crippen molar-refractivity contribution < 1.29 is 4.74 Å². The van der Waals surface area contributed by atoms with Crippen LogP contribution >= 0.6 is 11.3 Å². The molecule has 0 aliphatic heterocycles. The molecule has 0 unspecified atom stereocenters. The number of pyridine rings is 1. The number of ether oxygens (including phenoxy) is 1. The molecule has 0 spiro atoms. The lowest BCUT2D eigenvalue weighted by Gasteiger charge is -2.04. The maximum atomic E-state index is 5.70. The third-order valence-electron chi connectivity index (χ3n) is 2.62. The Labute approximate surface area is 109 Å². The summed E-state index contributed by atoms with van der Waals surface area (Å²) >= 11 is 1.64. The summed E-state index contributed by atoms with van der Waals surface area (Å²) in [5.74, 6) is 0.777. The van der Waals surface area contributed by atoms with Crippen LogP contribution in [-0.2, 0) is 6.61 Å². The molecule has 0 amide bonds. The van der Waals surface area contributed by atoms with Crippen LogP contribution in [0.3, 0.4) is 0 Å². The summed E-state index contributed by atoms with van der Waals surface area (Å²) in [4.78, 5) is 8.72. The van der Waals surface area contributed by atoms with Crippen LogP contribution in [0, 0.1) is 6.92 Å². The lowest BCUT2D eigenvalue weighted by Crippen LogP contribution is -1.96. The molecule has 3 nitrogen and oxygen atoms in total. The third-order valence-corrected chi connectivity index (χ3v) is 3.44. The molecule has 0 radical (unpaired) electrons. The second-order valence-corrected chi connectivity index (χ2v) is 5.07. The van der Waals surface area contributed by atoms with Gasteiger partial charge in [-0.05, 0) is 19.1 Å². The van der Waals surface area contributed by atoms with Crippen LogP contribution in [0.25, 0.3) is 10.9 Å². The number of benzene rings is 1. The average molecular weight is 256 g/mol. The van der Waals surface area contributed by atoms with E-state index in [1.807, 2.05) is 42.6 Å². The summed E-state index contributed by atoms with van der Waals surface area (Å²) in [6, 6.07) is 10.00. The Morgan fingerprint density at radius 3 is 3.00 bits per heavy atom. The van der Waals surface area contributed by atoms with Crippen LogP contribution in [0.15, 0.2) is 41.9 Å². The van der Waals surface area contributed by atoms with Crippen LogP contribution in [0.4, 0.5) is 0 Å². The van der Waals surface area contributed by atoms with E-state index in [-0.39, 0.29) is 0 Å². The van der Waals surface area contributed by atoms with Crippen molar-refractivity contribution in [1.29, 1.82) is 0 Å². The maximum Gasteiger partial charge on any atom is 0.138 e. The molecule has 1 aromatic carbocycles. The summed E-state index contributed by atoms with van der Waals surface area (Å²) < 4.78 is 5.70. The molecule has 0 N–H and O–H groups in total. The van der Waals surface area contributed by atoms with Crippen LogP contribution in [0.5, 0.6) is 5.75 Å². The van der Waals surface area contributed by atoms with E-state index in [1.165, 1.54) is 0 Å². The smallest absolute Gasteiger partial charge is 0.138 e. The van der Waals surface area contributed by atoms with Crippen molar-refractivity contribution in [3.8, 4) is 5.75 Å². The molecular formula is C14H12N2OS. The van der Waals surface area contributed by atoms with Crippen LogP contribution in [0.1, 0.15) is 10.7 Å². The van der Waals surface area contributed by atoms with Gasteiger partial charge in [0.15, 0.2) is 0 Å². The fraction of sp³-hybridized carbons (Fsp3) is 0.143. The molecule has 3 rings (SSSR count). The zero-order valence-electron chi connectivity index (χ0n) is 9.96. The van der Waals surface area contributed by atoms with Gasteiger partial charge in [0.25, 0.3) is 0 Å². The van der Waals surface area contributed by atoms with Gasteiger partial charge >= 0.3 is 0 Å². The minimum Gasteiger partial charge on any atom is -0.486 e. The van der Waals surface area contributed by atoms with E-state index in [9.17, 15) is 0 Å². The predicted molar refractivity (Wildman–Crippen MR) is 72.9 cm³/mol. The highest BCUT2D eigenvalue weighted by atomic mass is 32.1. The number of hydrogen-bond donors (Lipinski definition) is 0. The first kappa shape index (κ1) is 11.2. The number of fused-ring (bicyclic) bond motifs is 1. The van der Waals surface area contributed by atoms with Crippen LogP contribution in [0.2, 0.25) is 0 Å². The predicted octanol–water partition coefficient (Wildman–Crippen LogP) is 3.58. The molecule has 2 aromatic heterocycles. The van der Waals surface area contributed by atoms with Gasteiger partial charge in [-0.25, -0.2) is 4.98 Å². The van der Waals surface area contributed by atoms with Crippen molar-refractivity contribution in [2.75, 3.05) is 0 Å². The monoisotopic (exact) mass is 256 g/mol. The summed E-state index contributed by atoms with van der Waals surface area (Å²) in [6.45, 7) is 2.48. The first-order chi connectivity index (χ1) is 8.81. The highest BCUT2D eigenvalue weighted by Gasteiger charge is 2.01. The van der Waals surface area contributed by atoms with E-state index in [0.29, 0.717) is 6.61 Å². The molecule has 0 aliphatic carbocycles. The van der Waals surface area contributed by atoms with Crippen molar-refractivity contribution in [3.05, 3.63) is 52.6 Å². The topological polar surface area (TPSA) is 35.0 Å². The fourth-order valence-electron chi connectivity index (χ4n) is 1.76. The van der Waals surface area contributed by atoms with Crippen molar-refractivity contribution in [2.45, 2.75) is 13.5 Å². The first-order valence-corrected chi connectivity index (χ1v) is 6.58. The summed E-state index contributed by atoms with van der Waals surface area (Å²) in [6.07, 6.45) is 1.75. The third kappa shape index (κ3) is 2.33. The number of aryl methyl sites for hydroxylation is 1. The summed E-state index contributed by atoms with van der Waals surface area (Å²) in [7, 11) is 0. The van der Waals surface area contributed by atoms with Gasteiger partial charge in [-0.2, -0.15) is 0 Å². The molecule has 0 saturated carbocycles. The average Bonchev–Trinajstić information content (AvgIpc) is 2.82. The van der Waals surface area contributed by atoms with Gasteiger partial charge in [-0.15, -0.1) is 11.3 Å². The van der Waals surface area contributed by atoms with E-state index in [4.69, 9.17) is 4.74 Å². The Morgan fingerprint density at radius 1 is 1.28 bits per heavy atom. The van der Waals surface area contributed by atoms with Crippen LogP contribution < -0.4 is 4.74 Å². The Bertz CT molecular complexity index is 678. The van der Waals surface area contributed by atoms with Gasteiger partial charge in [0, 0.05) is 10.8 Å². The van der Waals surface area contributed by atoms with E-state index in [1.54, 1.807) is 17.5 Å². The zero-order valence-corrected chi connectivity index (χ0v) is 10.8. The number of thiazole rings is 1. The summed E-state index contributed by atoms with van der Waals surface area (Å²) in [5, 5.41) is 4.17. The number of hydrogen-bond acceptors (Lipinski definition) is 4. The largest absolute Gasteiger partial charge is 0.486 e. The molecule has 90 valence electrons. The molecule has 0 saturated heterocycles. The van der Waals surface area contributed by atoms with Crippen molar-refractivity contribution in [2.24, 2.45) is 0 Å². The van der Waals surface area contributed by atoms with E-state index < -0.39 is 0 Å². The van der Waals surface area contributed by atoms with Crippen molar-refractivity contribution >= 4 is 22.2 Å². The van der Waals surface area contributed by atoms with Gasteiger partial charge in [-0.3, -0.25) is 4.98 Å². The van der Waals surface area contributed by atoms with Gasteiger partial charge in [0.05, 0.1) is 22.4 Å². The van der Waals surface area contributed by atoms with Crippen molar-refractivity contribution in [1.82, 2.24) is 9.97 Å². The Morgan fingerprint density at radius 2 is 2.17 bits per heavy atom. The molecule has 3 aromatic rings. The summed E-state index contributed by atoms with van der Waals surface area (Å²) in [5.41, 5.74) is 1.94. The second kappa shape index (κ2) is 4.74. The quantitative estimate of drug-likeness (QED) is 0.718. The standard InChI is InChI=1S/C14H12N2OS/c1-10-16-12(9-18-10)8-17-13-6-11-4-2-3-5-14(11)15-7-13/h2-7,9H,8H2,1H3. The molecule has 4 heteroatoms. The minimum atomic E-state index is 0.490. The second-order valence-electron chi connectivity index (χ2n) is 4.01. The lowest BCUT2D eigenvalue weighted by atomic mass is 10.2. The number of para-hydroxylation sites is 1.